The Hall–Kier alpha value is -1.91. The summed E-state index contributed by atoms with van der Waals surface area (Å²) in [7, 11) is -3.70. The van der Waals surface area contributed by atoms with E-state index in [0.29, 0.717) is 12.8 Å². The van der Waals surface area contributed by atoms with E-state index in [-0.39, 0.29) is 17.1 Å². The van der Waals surface area contributed by atoms with E-state index in [4.69, 9.17) is 11.5 Å². The standard InChI is InChI=1S/C12H14N2O4S/c1-2-3-4-5-8-14-19(17,18)11-7-6-10(9-13-11)12(15)16/h1,6-7,9,14H,3-5,8H2,(H,15,16). The molecule has 0 spiro atoms. The van der Waals surface area contributed by atoms with Crippen LogP contribution in [0.3, 0.4) is 0 Å². The van der Waals surface area contributed by atoms with Crippen molar-refractivity contribution >= 4 is 16.0 Å². The van der Waals surface area contributed by atoms with Gasteiger partial charge in [0.25, 0.3) is 10.0 Å². The monoisotopic (exact) mass is 282 g/mol. The van der Waals surface area contributed by atoms with Crippen LogP contribution in [0, 0.1) is 12.3 Å². The van der Waals surface area contributed by atoms with Crippen LogP contribution in [-0.2, 0) is 10.0 Å². The molecule has 0 aliphatic carbocycles. The van der Waals surface area contributed by atoms with Crippen molar-refractivity contribution in [1.82, 2.24) is 9.71 Å². The number of rotatable bonds is 7. The molecule has 1 aromatic rings. The van der Waals surface area contributed by atoms with Crippen molar-refractivity contribution in [1.29, 1.82) is 0 Å². The second kappa shape index (κ2) is 6.87. The van der Waals surface area contributed by atoms with Crippen LogP contribution in [0.5, 0.6) is 0 Å². The van der Waals surface area contributed by atoms with Crippen molar-refractivity contribution < 1.29 is 18.3 Å². The van der Waals surface area contributed by atoms with E-state index in [1.54, 1.807) is 0 Å². The van der Waals surface area contributed by atoms with E-state index >= 15 is 0 Å². The molecule has 0 unspecified atom stereocenters. The Morgan fingerprint density at radius 2 is 2.16 bits per heavy atom. The normalized spacial score (nSPS) is 10.9. The van der Waals surface area contributed by atoms with Gasteiger partial charge in [0.15, 0.2) is 5.03 Å². The largest absolute Gasteiger partial charge is 0.478 e. The predicted octanol–water partition coefficient (Wildman–Crippen LogP) is 0.862. The first-order valence-corrected chi connectivity index (χ1v) is 7.08. The molecule has 102 valence electrons. The highest BCUT2D eigenvalue weighted by atomic mass is 32.2. The molecule has 0 atom stereocenters. The van der Waals surface area contributed by atoms with Crippen LogP contribution >= 0.6 is 0 Å². The molecule has 1 aromatic heterocycles. The summed E-state index contributed by atoms with van der Waals surface area (Å²) in [4.78, 5) is 14.2. The summed E-state index contributed by atoms with van der Waals surface area (Å²) < 4.78 is 25.9. The van der Waals surface area contributed by atoms with Gasteiger partial charge in [0.2, 0.25) is 0 Å². The van der Waals surface area contributed by atoms with Crippen molar-refractivity contribution in [2.45, 2.75) is 24.3 Å². The quantitative estimate of drug-likeness (QED) is 0.571. The fourth-order valence-corrected chi connectivity index (χ4v) is 2.30. The molecular weight excluding hydrogens is 268 g/mol. The lowest BCUT2D eigenvalue weighted by Gasteiger charge is -2.05. The minimum atomic E-state index is -3.70. The number of carboxylic acid groups (broad SMARTS) is 1. The van der Waals surface area contributed by atoms with Gasteiger partial charge in [0.05, 0.1) is 5.56 Å². The highest BCUT2D eigenvalue weighted by Gasteiger charge is 2.15. The van der Waals surface area contributed by atoms with E-state index in [0.717, 1.165) is 18.7 Å². The summed E-state index contributed by atoms with van der Waals surface area (Å²) in [6.07, 6.45) is 8.07. The van der Waals surface area contributed by atoms with E-state index < -0.39 is 16.0 Å². The fraction of sp³-hybridized carbons (Fsp3) is 0.333. The van der Waals surface area contributed by atoms with Gasteiger partial charge in [-0.3, -0.25) is 0 Å². The van der Waals surface area contributed by atoms with Crippen LogP contribution < -0.4 is 4.72 Å². The van der Waals surface area contributed by atoms with Crippen LogP contribution in [0.15, 0.2) is 23.4 Å². The molecule has 0 aromatic carbocycles. The third kappa shape index (κ3) is 4.69. The number of nitrogens with one attached hydrogen (secondary N) is 1. The van der Waals surface area contributed by atoms with Crippen molar-refractivity contribution in [3.05, 3.63) is 23.9 Å². The number of aromatic nitrogens is 1. The Morgan fingerprint density at radius 3 is 2.68 bits per heavy atom. The van der Waals surface area contributed by atoms with Gasteiger partial charge < -0.3 is 5.11 Å². The second-order valence-electron chi connectivity index (χ2n) is 3.75. The van der Waals surface area contributed by atoms with Crippen molar-refractivity contribution in [3.8, 4) is 12.3 Å². The Balaban J connectivity index is 2.62. The molecule has 0 bridgehead atoms. The lowest BCUT2D eigenvalue weighted by Crippen LogP contribution is -2.25. The number of nitrogens with zero attached hydrogens (tertiary/aromatic N) is 1. The summed E-state index contributed by atoms with van der Waals surface area (Å²) in [6, 6.07) is 2.36. The van der Waals surface area contributed by atoms with Gasteiger partial charge in [-0.25, -0.2) is 22.9 Å². The molecule has 0 saturated carbocycles. The van der Waals surface area contributed by atoms with Gasteiger partial charge in [0.1, 0.15) is 0 Å². The molecular formula is C12H14N2O4S. The molecule has 0 fully saturated rings. The summed E-state index contributed by atoms with van der Waals surface area (Å²) in [5, 5.41) is 8.48. The van der Waals surface area contributed by atoms with Gasteiger partial charge in [0, 0.05) is 19.2 Å². The molecule has 0 radical (unpaired) electrons. The lowest BCUT2D eigenvalue weighted by atomic mass is 10.2. The average molecular weight is 282 g/mol. The molecule has 2 N–H and O–H groups in total. The maximum atomic E-state index is 11.8. The zero-order chi connectivity index (χ0) is 14.3. The summed E-state index contributed by atoms with van der Waals surface area (Å²) in [5.41, 5.74) is -0.0621. The van der Waals surface area contributed by atoms with Crippen LogP contribution in [0.1, 0.15) is 29.6 Å². The fourth-order valence-electron chi connectivity index (χ4n) is 1.30. The zero-order valence-corrected chi connectivity index (χ0v) is 11.0. The van der Waals surface area contributed by atoms with Crippen molar-refractivity contribution in [2.24, 2.45) is 0 Å². The Kier molecular flexibility index (Phi) is 5.48. The highest BCUT2D eigenvalue weighted by molar-refractivity contribution is 7.89. The minimum Gasteiger partial charge on any atom is -0.478 e. The number of sulfonamides is 1. The molecule has 0 saturated heterocycles. The number of pyridine rings is 1. The zero-order valence-electron chi connectivity index (χ0n) is 10.2. The van der Waals surface area contributed by atoms with Crippen LogP contribution in [-0.4, -0.2) is 31.0 Å². The number of hydrogen-bond acceptors (Lipinski definition) is 4. The smallest absolute Gasteiger partial charge is 0.337 e. The number of carbonyl (C=O) groups is 1. The van der Waals surface area contributed by atoms with E-state index in [2.05, 4.69) is 15.6 Å². The molecule has 0 aliphatic rings. The Morgan fingerprint density at radius 1 is 1.42 bits per heavy atom. The number of hydrogen-bond donors (Lipinski definition) is 2. The maximum Gasteiger partial charge on any atom is 0.337 e. The van der Waals surface area contributed by atoms with Crippen molar-refractivity contribution in [2.75, 3.05) is 6.54 Å². The third-order valence-corrected chi connectivity index (χ3v) is 3.67. The molecule has 1 rings (SSSR count). The predicted molar refractivity (Wildman–Crippen MR) is 69.1 cm³/mol. The molecule has 19 heavy (non-hydrogen) atoms. The van der Waals surface area contributed by atoms with E-state index in [1.807, 2.05) is 0 Å². The van der Waals surface area contributed by atoms with Crippen molar-refractivity contribution in [3.63, 3.8) is 0 Å². The van der Waals surface area contributed by atoms with Gasteiger partial charge in [-0.05, 0) is 25.0 Å². The first-order valence-electron chi connectivity index (χ1n) is 5.60. The maximum absolute atomic E-state index is 11.8. The Bertz CT molecular complexity index is 573. The molecule has 7 heteroatoms. The minimum absolute atomic E-state index is 0.0621. The highest BCUT2D eigenvalue weighted by Crippen LogP contribution is 2.07. The number of carboxylic acids is 1. The van der Waals surface area contributed by atoms with Crippen LogP contribution in [0.4, 0.5) is 0 Å². The first-order chi connectivity index (χ1) is 8.97. The van der Waals surface area contributed by atoms with Crippen LogP contribution in [0.25, 0.3) is 0 Å². The SMILES string of the molecule is C#CCCCCNS(=O)(=O)c1ccc(C(=O)O)cn1. The second-order valence-corrected chi connectivity index (χ2v) is 5.46. The molecule has 0 amide bonds. The number of unbranched alkanes of at least 4 members (excludes halogenated alkanes) is 2. The van der Waals surface area contributed by atoms with Gasteiger partial charge in [-0.1, -0.05) is 0 Å². The van der Waals surface area contributed by atoms with E-state index in [1.165, 1.54) is 6.07 Å². The summed E-state index contributed by atoms with van der Waals surface area (Å²) >= 11 is 0. The molecule has 6 nitrogen and oxygen atoms in total. The summed E-state index contributed by atoms with van der Waals surface area (Å²) in [6.45, 7) is 0.270. The summed E-state index contributed by atoms with van der Waals surface area (Å²) in [5.74, 6) is 1.31. The lowest BCUT2D eigenvalue weighted by molar-refractivity contribution is 0.0696. The van der Waals surface area contributed by atoms with Crippen LogP contribution in [0.2, 0.25) is 0 Å². The third-order valence-electron chi connectivity index (χ3n) is 2.30. The first kappa shape index (κ1) is 15.1. The van der Waals surface area contributed by atoms with E-state index in [9.17, 15) is 13.2 Å². The average Bonchev–Trinajstić information content (AvgIpc) is 2.38. The number of terminal acetylenes is 1. The number of aromatic carboxylic acids is 1. The topological polar surface area (TPSA) is 96.4 Å². The van der Waals surface area contributed by atoms with Gasteiger partial charge in [-0.15, -0.1) is 12.3 Å². The van der Waals surface area contributed by atoms with Gasteiger partial charge >= 0.3 is 5.97 Å². The van der Waals surface area contributed by atoms with Gasteiger partial charge in [-0.2, -0.15) is 0 Å². The molecule has 1 heterocycles. The molecule has 0 aliphatic heterocycles. The Labute approximate surface area is 111 Å².